The van der Waals surface area contributed by atoms with Gasteiger partial charge in [0.1, 0.15) is 35.5 Å². The monoisotopic (exact) mass is 637 g/mol. The summed E-state index contributed by atoms with van der Waals surface area (Å²) in [4.78, 5) is 26.8. The van der Waals surface area contributed by atoms with Gasteiger partial charge in [-0.25, -0.2) is 19.2 Å². The third-order valence-electron chi connectivity index (χ3n) is 7.55. The van der Waals surface area contributed by atoms with Gasteiger partial charge < -0.3 is 36.3 Å². The SMILES string of the molecule is COc1ccc(C(OC[C@H]2O[C@@H](n3cc(C)c([O-])nc3=O)C[C@@H]2O[P+](C)(O)[S-])(c2ccccc2)c2ccc(OC)cc2)cc1. The molecule has 4 aromatic rings. The van der Waals surface area contributed by atoms with E-state index in [4.69, 9.17) is 35.7 Å². The summed E-state index contributed by atoms with van der Waals surface area (Å²) in [7, 11) is 3.22. The van der Waals surface area contributed by atoms with E-state index in [-0.39, 0.29) is 13.0 Å². The van der Waals surface area contributed by atoms with Crippen LogP contribution in [0.3, 0.4) is 0 Å². The maximum atomic E-state index is 12.7. The van der Waals surface area contributed by atoms with Crippen LogP contribution in [0, 0.1) is 6.92 Å². The van der Waals surface area contributed by atoms with Gasteiger partial charge in [0.25, 0.3) is 0 Å². The zero-order chi connectivity index (χ0) is 31.5. The van der Waals surface area contributed by atoms with Crippen LogP contribution >= 0.6 is 6.92 Å². The number of ether oxygens (including phenoxy) is 4. The van der Waals surface area contributed by atoms with Crippen molar-refractivity contribution in [1.29, 1.82) is 0 Å². The van der Waals surface area contributed by atoms with Crippen LogP contribution in [0.15, 0.2) is 89.9 Å². The van der Waals surface area contributed by atoms with Crippen molar-refractivity contribution in [3.63, 3.8) is 0 Å². The van der Waals surface area contributed by atoms with Crippen molar-refractivity contribution in [3.8, 4) is 17.4 Å². The molecule has 0 bridgehead atoms. The zero-order valence-electron chi connectivity index (χ0n) is 24.8. The Kier molecular flexibility index (Phi) is 9.65. The molecule has 0 saturated carbocycles. The quantitative estimate of drug-likeness (QED) is 0.145. The fourth-order valence-corrected chi connectivity index (χ4v) is 6.48. The van der Waals surface area contributed by atoms with Gasteiger partial charge in [0.05, 0.1) is 27.5 Å². The molecule has 4 atom stereocenters. The Labute approximate surface area is 261 Å². The van der Waals surface area contributed by atoms with Gasteiger partial charge in [-0.15, -0.1) is 0 Å². The van der Waals surface area contributed by atoms with Crippen LogP contribution in [0.5, 0.6) is 17.4 Å². The highest BCUT2D eigenvalue weighted by atomic mass is 32.7. The average Bonchev–Trinajstić information content (AvgIpc) is 3.41. The summed E-state index contributed by atoms with van der Waals surface area (Å²) in [6.07, 6.45) is -0.661. The second-order valence-corrected chi connectivity index (χ2v) is 14.4. The molecule has 2 heterocycles. The first kappa shape index (κ1) is 32.0. The van der Waals surface area contributed by atoms with E-state index in [1.165, 1.54) is 17.4 Å². The highest BCUT2D eigenvalue weighted by Gasteiger charge is 2.45. The maximum absolute atomic E-state index is 12.7. The van der Waals surface area contributed by atoms with E-state index in [0.717, 1.165) is 16.7 Å². The number of nitrogens with zero attached hydrogens (tertiary/aromatic N) is 2. The molecule has 3 aromatic carbocycles. The summed E-state index contributed by atoms with van der Waals surface area (Å²) in [5.74, 6) is 0.787. The topological polar surface area (TPSA) is 124 Å². The number of aromatic nitrogens is 2. The van der Waals surface area contributed by atoms with Gasteiger partial charge in [-0.1, -0.05) is 54.6 Å². The molecule has 12 heteroatoms. The molecule has 0 spiro atoms. The fourth-order valence-electron chi connectivity index (χ4n) is 5.42. The third-order valence-corrected chi connectivity index (χ3v) is 8.47. The van der Waals surface area contributed by atoms with Crippen molar-refractivity contribution < 1.29 is 33.5 Å². The summed E-state index contributed by atoms with van der Waals surface area (Å²) in [6, 6.07) is 25.0. The molecular weight excluding hydrogens is 603 g/mol. The lowest BCUT2D eigenvalue weighted by Gasteiger charge is -2.37. The van der Waals surface area contributed by atoms with E-state index in [1.807, 2.05) is 78.9 Å². The number of hydrogen-bond acceptors (Lipinski definition) is 10. The Hall–Kier alpha value is -3.44. The number of benzene rings is 3. The second kappa shape index (κ2) is 13.3. The van der Waals surface area contributed by atoms with Crippen LogP contribution in [0.25, 0.3) is 0 Å². The predicted octanol–water partition coefficient (Wildman–Crippen LogP) is 4.26. The molecule has 5 rings (SSSR count). The number of aryl methyl sites for hydroxylation is 1. The van der Waals surface area contributed by atoms with Gasteiger partial charge in [0.15, 0.2) is 6.92 Å². The fraction of sp³-hybridized carbons (Fsp3) is 0.312. The smallest absolute Gasteiger partial charge is 0.349 e. The molecule has 1 saturated heterocycles. The van der Waals surface area contributed by atoms with Crippen molar-refractivity contribution >= 4 is 19.2 Å². The Morgan fingerprint density at radius 1 is 1.00 bits per heavy atom. The lowest BCUT2D eigenvalue weighted by molar-refractivity contribution is -0.276. The Morgan fingerprint density at radius 3 is 2.07 bits per heavy atom. The lowest BCUT2D eigenvalue weighted by atomic mass is 9.80. The Morgan fingerprint density at radius 2 is 1.55 bits per heavy atom. The van der Waals surface area contributed by atoms with Crippen molar-refractivity contribution in [2.45, 2.75) is 37.4 Å². The molecule has 0 amide bonds. The van der Waals surface area contributed by atoms with Crippen LogP contribution < -0.4 is 20.3 Å². The van der Waals surface area contributed by atoms with Gasteiger partial charge in [0, 0.05) is 12.6 Å². The first-order chi connectivity index (χ1) is 21.0. The third kappa shape index (κ3) is 6.78. The van der Waals surface area contributed by atoms with E-state index < -0.39 is 42.5 Å². The van der Waals surface area contributed by atoms with Crippen LogP contribution in [0.2, 0.25) is 0 Å². The first-order valence-electron chi connectivity index (χ1n) is 13.9. The minimum absolute atomic E-state index is 0.00967. The summed E-state index contributed by atoms with van der Waals surface area (Å²) < 4.78 is 31.4. The number of methoxy groups -OCH3 is 2. The van der Waals surface area contributed by atoms with Crippen LogP contribution in [0.4, 0.5) is 0 Å². The summed E-state index contributed by atoms with van der Waals surface area (Å²) in [5, 5.41) is 12.0. The van der Waals surface area contributed by atoms with Gasteiger partial charge in [-0.2, -0.15) is 0 Å². The molecule has 0 radical (unpaired) electrons. The first-order valence-corrected chi connectivity index (χ1v) is 17.1. The average molecular weight is 638 g/mol. The molecule has 1 aromatic heterocycles. The highest BCUT2D eigenvalue weighted by Crippen LogP contribution is 2.53. The van der Waals surface area contributed by atoms with Gasteiger partial charge in [0.2, 0.25) is 0 Å². The van der Waals surface area contributed by atoms with Crippen molar-refractivity contribution in [2.24, 2.45) is 0 Å². The second-order valence-electron chi connectivity index (χ2n) is 10.5. The summed E-state index contributed by atoms with van der Waals surface area (Å²) in [5.41, 5.74) is 0.942. The predicted molar refractivity (Wildman–Crippen MR) is 167 cm³/mol. The van der Waals surface area contributed by atoms with Gasteiger partial charge in [-0.3, -0.25) is 4.57 Å². The Balaban J connectivity index is 1.58. The van der Waals surface area contributed by atoms with E-state index in [2.05, 4.69) is 4.98 Å². The van der Waals surface area contributed by atoms with Crippen molar-refractivity contribution in [2.75, 3.05) is 27.5 Å². The molecule has 1 unspecified atom stereocenters. The molecule has 0 aliphatic carbocycles. The highest BCUT2D eigenvalue weighted by molar-refractivity contribution is 8.37. The van der Waals surface area contributed by atoms with E-state index in [0.29, 0.717) is 17.1 Å². The molecule has 1 fully saturated rings. The van der Waals surface area contributed by atoms with Crippen LogP contribution in [-0.2, 0) is 31.8 Å². The summed E-state index contributed by atoms with van der Waals surface area (Å²) in [6.45, 7) is -0.114. The lowest BCUT2D eigenvalue weighted by Crippen LogP contribution is -2.38. The van der Waals surface area contributed by atoms with Gasteiger partial charge in [-0.05, 0) is 59.3 Å². The standard InChI is InChI=1S/C32H35N2O8PS/c1-21-19-34(31(36)33-30(21)35)29-18-27(42-43(4,37)44)28(41-29)20-40-32(22-8-6-5-7-9-22,23-10-14-25(38-2)15-11-23)24-12-16-26(39-3)17-13-24/h5-17,19,27-29H,18,20H2,1-4H3,(H,37,44)(H,33,35,36)/p-1/t27-,28+,29+,43?/m0/s1. The van der Waals surface area contributed by atoms with E-state index in [1.54, 1.807) is 21.1 Å². The molecule has 44 heavy (non-hydrogen) atoms. The maximum Gasteiger partial charge on any atom is 0.349 e. The molecule has 232 valence electrons. The van der Waals surface area contributed by atoms with E-state index in [9.17, 15) is 14.8 Å². The number of rotatable bonds is 11. The molecule has 1 aliphatic rings. The van der Waals surface area contributed by atoms with Gasteiger partial charge >= 0.3 is 5.69 Å². The van der Waals surface area contributed by atoms with Crippen LogP contribution in [-0.4, -0.2) is 54.1 Å². The summed E-state index contributed by atoms with van der Waals surface area (Å²) >= 11 is 5.23. The molecule has 10 nitrogen and oxygen atoms in total. The largest absolute Gasteiger partial charge is 0.858 e. The minimum atomic E-state index is -3.14. The van der Waals surface area contributed by atoms with E-state index >= 15 is 0 Å². The van der Waals surface area contributed by atoms with Crippen molar-refractivity contribution in [3.05, 3.63) is 118 Å². The van der Waals surface area contributed by atoms with Crippen molar-refractivity contribution in [1.82, 2.24) is 9.55 Å². The molecular formula is C32H34N2O8PS-. The Bertz CT molecular complexity index is 1560. The normalized spacial score (nSPS) is 19.8. The molecule has 1 N–H and O–H groups in total. The van der Waals surface area contributed by atoms with Crippen LogP contribution in [0.1, 0.15) is 34.9 Å². The minimum Gasteiger partial charge on any atom is -0.858 e. The number of hydrogen-bond donors (Lipinski definition) is 1. The molecule has 1 aliphatic heterocycles. The zero-order valence-corrected chi connectivity index (χ0v) is 26.5.